The largest absolute Gasteiger partial charge is 0.506 e. The molecule has 5 heteroatoms. The molecule has 0 aliphatic carbocycles. The topological polar surface area (TPSA) is 58.6 Å². The van der Waals surface area contributed by atoms with Gasteiger partial charge in [-0.3, -0.25) is 4.79 Å². The Bertz CT molecular complexity index is 416. The molecule has 17 heavy (non-hydrogen) atoms. The molecular weight excluding hydrogens is 242 g/mol. The number of carbonyl (C=O) groups excluding carboxylic acids is 1. The quantitative estimate of drug-likeness (QED) is 0.816. The van der Waals surface area contributed by atoms with Crippen molar-refractivity contribution in [1.29, 1.82) is 0 Å². The smallest absolute Gasteiger partial charge is 0.256 e. The Kier molecular flexibility index (Phi) is 4.37. The Labute approximate surface area is 106 Å². The lowest BCUT2D eigenvalue weighted by atomic mass is 10.0. The van der Waals surface area contributed by atoms with E-state index >= 15 is 0 Å². The minimum absolute atomic E-state index is 0.0303. The number of rotatable bonds is 4. The van der Waals surface area contributed by atoms with Crippen molar-refractivity contribution in [3.05, 3.63) is 23.2 Å². The summed E-state index contributed by atoms with van der Waals surface area (Å²) in [5.74, 6) is -0.350. The lowest BCUT2D eigenvalue weighted by Crippen LogP contribution is -2.41. The van der Waals surface area contributed by atoms with E-state index in [1.54, 1.807) is 13.0 Å². The Morgan fingerprint density at radius 3 is 2.76 bits per heavy atom. The molecule has 1 rings (SSSR count). The van der Waals surface area contributed by atoms with Crippen molar-refractivity contribution in [3.8, 4) is 5.75 Å². The van der Waals surface area contributed by atoms with Crippen LogP contribution in [0.15, 0.2) is 18.2 Å². The second-order valence-electron chi connectivity index (χ2n) is 3.90. The number of halogens is 1. The predicted octanol–water partition coefficient (Wildman–Crippen LogP) is 2.80. The molecule has 0 aliphatic heterocycles. The summed E-state index contributed by atoms with van der Waals surface area (Å²) in [5, 5.41) is 12.6. The van der Waals surface area contributed by atoms with Gasteiger partial charge in [0, 0.05) is 12.1 Å². The lowest BCUT2D eigenvalue weighted by molar-refractivity contribution is -0.136. The Hall–Kier alpha value is -1.26. The van der Waals surface area contributed by atoms with Crippen LogP contribution in [0.25, 0.3) is 0 Å². The summed E-state index contributed by atoms with van der Waals surface area (Å²) in [7, 11) is 1.47. The second-order valence-corrected chi connectivity index (χ2v) is 4.34. The van der Waals surface area contributed by atoms with Gasteiger partial charge in [0.1, 0.15) is 11.4 Å². The van der Waals surface area contributed by atoms with Crippen molar-refractivity contribution in [1.82, 2.24) is 0 Å². The van der Waals surface area contributed by atoms with Gasteiger partial charge in [-0.1, -0.05) is 18.5 Å². The molecule has 1 aromatic carbocycles. The first kappa shape index (κ1) is 13.8. The van der Waals surface area contributed by atoms with Crippen LogP contribution in [0.4, 0.5) is 5.69 Å². The third-order valence-corrected chi connectivity index (χ3v) is 3.05. The summed E-state index contributed by atoms with van der Waals surface area (Å²) < 4.78 is 5.16. The summed E-state index contributed by atoms with van der Waals surface area (Å²) >= 11 is 5.79. The molecule has 0 bridgehead atoms. The molecule has 1 atom stereocenters. The van der Waals surface area contributed by atoms with Gasteiger partial charge in [-0.25, -0.2) is 0 Å². The number of amides is 1. The van der Waals surface area contributed by atoms with Crippen LogP contribution in [0.3, 0.4) is 0 Å². The molecule has 0 heterocycles. The SMILES string of the molecule is CCC(C)(OC)C(=O)Nc1cc(Cl)ccc1O. The van der Waals surface area contributed by atoms with Gasteiger partial charge in [0.15, 0.2) is 0 Å². The summed E-state index contributed by atoms with van der Waals surface area (Å²) in [6.45, 7) is 3.53. The maximum absolute atomic E-state index is 12.0. The summed E-state index contributed by atoms with van der Waals surface area (Å²) in [6, 6.07) is 4.45. The van der Waals surface area contributed by atoms with Gasteiger partial charge in [0.25, 0.3) is 5.91 Å². The molecule has 1 amide bonds. The highest BCUT2D eigenvalue weighted by Crippen LogP contribution is 2.28. The maximum atomic E-state index is 12.0. The number of carbonyl (C=O) groups is 1. The zero-order valence-electron chi connectivity index (χ0n) is 10.1. The van der Waals surface area contributed by atoms with Gasteiger partial charge < -0.3 is 15.2 Å². The van der Waals surface area contributed by atoms with Crippen LogP contribution in [0, 0.1) is 0 Å². The first-order chi connectivity index (χ1) is 7.92. The van der Waals surface area contributed by atoms with E-state index in [9.17, 15) is 9.90 Å². The van der Waals surface area contributed by atoms with Crippen LogP contribution >= 0.6 is 11.6 Å². The lowest BCUT2D eigenvalue weighted by Gasteiger charge is -2.25. The third kappa shape index (κ3) is 3.11. The number of hydrogen-bond donors (Lipinski definition) is 2. The Balaban J connectivity index is 2.91. The highest BCUT2D eigenvalue weighted by Gasteiger charge is 2.31. The third-order valence-electron chi connectivity index (χ3n) is 2.81. The molecule has 0 aromatic heterocycles. The molecule has 4 nitrogen and oxygen atoms in total. The monoisotopic (exact) mass is 257 g/mol. The van der Waals surface area contributed by atoms with Crippen molar-refractivity contribution < 1.29 is 14.6 Å². The fourth-order valence-electron chi connectivity index (χ4n) is 1.26. The van der Waals surface area contributed by atoms with Crippen LogP contribution in [0.5, 0.6) is 5.75 Å². The molecule has 0 aliphatic rings. The standard InChI is InChI=1S/C12H16ClNO3/c1-4-12(2,17-3)11(16)14-9-7-8(13)5-6-10(9)15/h5-7,15H,4H2,1-3H3,(H,14,16). The minimum Gasteiger partial charge on any atom is -0.506 e. The molecule has 0 saturated carbocycles. The average Bonchev–Trinajstić information content (AvgIpc) is 2.32. The summed E-state index contributed by atoms with van der Waals surface area (Å²) in [4.78, 5) is 12.0. The van der Waals surface area contributed by atoms with Gasteiger partial charge in [-0.2, -0.15) is 0 Å². The molecule has 0 spiro atoms. The van der Waals surface area contributed by atoms with Crippen molar-refractivity contribution >= 4 is 23.2 Å². The first-order valence-electron chi connectivity index (χ1n) is 5.28. The van der Waals surface area contributed by atoms with E-state index in [2.05, 4.69) is 5.32 Å². The molecular formula is C12H16ClNO3. The number of ether oxygens (including phenoxy) is 1. The summed E-state index contributed by atoms with van der Waals surface area (Å²) in [5.41, 5.74) is -0.645. The number of anilines is 1. The van der Waals surface area contributed by atoms with E-state index in [4.69, 9.17) is 16.3 Å². The van der Waals surface area contributed by atoms with E-state index in [-0.39, 0.29) is 17.3 Å². The zero-order chi connectivity index (χ0) is 13.1. The molecule has 0 radical (unpaired) electrons. The van der Waals surface area contributed by atoms with Crippen molar-refractivity contribution in [2.45, 2.75) is 25.9 Å². The number of methoxy groups -OCH3 is 1. The van der Waals surface area contributed by atoms with Crippen molar-refractivity contribution in [3.63, 3.8) is 0 Å². The van der Waals surface area contributed by atoms with Crippen LogP contribution in [-0.2, 0) is 9.53 Å². The first-order valence-corrected chi connectivity index (χ1v) is 5.66. The fraction of sp³-hybridized carbons (Fsp3) is 0.417. The zero-order valence-corrected chi connectivity index (χ0v) is 10.8. The normalized spacial score (nSPS) is 14.1. The number of phenolic OH excluding ortho intramolecular Hbond substituents is 1. The molecule has 0 saturated heterocycles. The van der Waals surface area contributed by atoms with Gasteiger partial charge in [0.2, 0.25) is 0 Å². The van der Waals surface area contributed by atoms with E-state index < -0.39 is 5.60 Å². The maximum Gasteiger partial charge on any atom is 0.256 e. The van der Waals surface area contributed by atoms with Crippen LogP contribution in [0.2, 0.25) is 5.02 Å². The van der Waals surface area contributed by atoms with E-state index in [0.717, 1.165) is 0 Å². The second kappa shape index (κ2) is 5.38. The van der Waals surface area contributed by atoms with Gasteiger partial charge in [-0.05, 0) is 31.5 Å². The molecule has 94 valence electrons. The predicted molar refractivity (Wildman–Crippen MR) is 67.5 cm³/mol. The molecule has 0 fully saturated rings. The van der Waals surface area contributed by atoms with Crippen molar-refractivity contribution in [2.75, 3.05) is 12.4 Å². The van der Waals surface area contributed by atoms with Crippen LogP contribution in [-0.4, -0.2) is 23.7 Å². The van der Waals surface area contributed by atoms with E-state index in [1.165, 1.54) is 19.2 Å². The number of phenols is 1. The van der Waals surface area contributed by atoms with Crippen LogP contribution < -0.4 is 5.32 Å². The Morgan fingerprint density at radius 2 is 2.24 bits per heavy atom. The number of benzene rings is 1. The average molecular weight is 258 g/mol. The summed E-state index contributed by atoms with van der Waals surface area (Å²) in [6.07, 6.45) is 0.524. The Morgan fingerprint density at radius 1 is 1.59 bits per heavy atom. The number of aromatic hydroxyl groups is 1. The van der Waals surface area contributed by atoms with Crippen LogP contribution in [0.1, 0.15) is 20.3 Å². The minimum atomic E-state index is -0.922. The highest BCUT2D eigenvalue weighted by molar-refractivity contribution is 6.31. The van der Waals surface area contributed by atoms with E-state index in [0.29, 0.717) is 11.4 Å². The van der Waals surface area contributed by atoms with Gasteiger partial charge >= 0.3 is 0 Å². The highest BCUT2D eigenvalue weighted by atomic mass is 35.5. The van der Waals surface area contributed by atoms with Gasteiger partial charge in [0.05, 0.1) is 5.69 Å². The number of hydrogen-bond acceptors (Lipinski definition) is 3. The molecule has 1 aromatic rings. The van der Waals surface area contributed by atoms with Gasteiger partial charge in [-0.15, -0.1) is 0 Å². The van der Waals surface area contributed by atoms with Crippen molar-refractivity contribution in [2.24, 2.45) is 0 Å². The molecule has 1 unspecified atom stereocenters. The molecule has 2 N–H and O–H groups in total. The number of nitrogens with one attached hydrogen (secondary N) is 1. The fourth-order valence-corrected chi connectivity index (χ4v) is 1.43. The van der Waals surface area contributed by atoms with E-state index in [1.807, 2.05) is 6.92 Å².